The summed E-state index contributed by atoms with van der Waals surface area (Å²) in [6.45, 7) is 1.76. The summed E-state index contributed by atoms with van der Waals surface area (Å²) in [6.07, 6.45) is 5.60. The van der Waals surface area contributed by atoms with Crippen LogP contribution in [0.2, 0.25) is 0 Å². The van der Waals surface area contributed by atoms with Crippen molar-refractivity contribution in [1.29, 1.82) is 0 Å². The molecule has 1 unspecified atom stereocenters. The van der Waals surface area contributed by atoms with E-state index in [1.54, 1.807) is 24.5 Å². The van der Waals surface area contributed by atoms with Crippen LogP contribution in [0, 0.1) is 11.8 Å². The van der Waals surface area contributed by atoms with Crippen LogP contribution in [-0.2, 0) is 0 Å². The van der Waals surface area contributed by atoms with Gasteiger partial charge in [0.1, 0.15) is 18.1 Å². The van der Waals surface area contributed by atoms with Crippen molar-refractivity contribution in [3.05, 3.63) is 47.8 Å². The third-order valence-electron chi connectivity index (χ3n) is 2.87. The van der Waals surface area contributed by atoms with Crippen LogP contribution in [0.5, 0.6) is 0 Å². The van der Waals surface area contributed by atoms with Gasteiger partial charge >= 0.3 is 0 Å². The van der Waals surface area contributed by atoms with E-state index in [1.165, 1.54) is 6.20 Å². The number of carbonyl (C=O) groups excluding carboxylic acids is 1. The number of imidazole rings is 1. The normalized spacial score (nSPS) is 11.3. The van der Waals surface area contributed by atoms with Crippen LogP contribution in [0.1, 0.15) is 41.3 Å². The van der Waals surface area contributed by atoms with Gasteiger partial charge in [-0.25, -0.2) is 9.97 Å². The van der Waals surface area contributed by atoms with E-state index in [-0.39, 0.29) is 18.6 Å². The van der Waals surface area contributed by atoms with Crippen molar-refractivity contribution in [3.63, 3.8) is 0 Å². The molecule has 0 aromatic carbocycles. The minimum atomic E-state index is -0.264. The van der Waals surface area contributed by atoms with E-state index in [1.807, 2.05) is 6.92 Å². The molecule has 0 aliphatic carbocycles. The number of hydrogen-bond donors (Lipinski definition) is 3. The lowest BCUT2D eigenvalue weighted by Crippen LogP contribution is -2.29. The van der Waals surface area contributed by atoms with Crippen LogP contribution in [0.3, 0.4) is 0 Å². The third-order valence-corrected chi connectivity index (χ3v) is 2.87. The third kappa shape index (κ3) is 3.91. The number of aromatic amines is 1. The second kappa shape index (κ2) is 7.22. The predicted molar refractivity (Wildman–Crippen MR) is 77.3 cm³/mol. The van der Waals surface area contributed by atoms with Gasteiger partial charge in [-0.05, 0) is 18.6 Å². The summed E-state index contributed by atoms with van der Waals surface area (Å²) in [5, 5.41) is 11.5. The van der Waals surface area contributed by atoms with Crippen molar-refractivity contribution in [2.75, 3.05) is 6.61 Å². The average Bonchev–Trinajstić information content (AvgIpc) is 3.05. The summed E-state index contributed by atoms with van der Waals surface area (Å²) < 4.78 is 0. The van der Waals surface area contributed by atoms with Crippen molar-refractivity contribution in [2.24, 2.45) is 0 Å². The molecule has 2 aromatic heterocycles. The van der Waals surface area contributed by atoms with E-state index in [2.05, 4.69) is 32.1 Å². The standard InChI is InChI=1S/C15H16N4O2/c1-2-12(14-16-7-8-17-14)19-15(21)13-6-5-11(10-18-13)4-3-9-20/h5-8,10,12,20H,2,9H2,1H3,(H,16,17)(H,19,21). The van der Waals surface area contributed by atoms with Crippen LogP contribution >= 0.6 is 0 Å². The molecular formula is C15H16N4O2. The lowest BCUT2D eigenvalue weighted by molar-refractivity contribution is 0.0929. The zero-order valence-electron chi connectivity index (χ0n) is 11.6. The molecule has 1 atom stereocenters. The second-order valence-electron chi connectivity index (χ2n) is 4.30. The number of rotatable bonds is 4. The van der Waals surface area contributed by atoms with Crippen LogP contribution in [0.4, 0.5) is 0 Å². The zero-order chi connectivity index (χ0) is 15.1. The van der Waals surface area contributed by atoms with E-state index in [0.717, 1.165) is 12.2 Å². The fourth-order valence-corrected chi connectivity index (χ4v) is 1.81. The molecule has 0 saturated carbocycles. The van der Waals surface area contributed by atoms with Gasteiger partial charge in [-0.1, -0.05) is 18.8 Å². The highest BCUT2D eigenvalue weighted by atomic mass is 16.2. The fraction of sp³-hybridized carbons (Fsp3) is 0.267. The zero-order valence-corrected chi connectivity index (χ0v) is 11.6. The maximum Gasteiger partial charge on any atom is 0.270 e. The van der Waals surface area contributed by atoms with Crippen molar-refractivity contribution >= 4 is 5.91 Å². The van der Waals surface area contributed by atoms with Crippen molar-refractivity contribution in [3.8, 4) is 11.8 Å². The maximum absolute atomic E-state index is 12.1. The van der Waals surface area contributed by atoms with E-state index < -0.39 is 0 Å². The molecule has 0 radical (unpaired) electrons. The minimum absolute atomic E-state index is 0.178. The summed E-state index contributed by atoms with van der Waals surface area (Å²) >= 11 is 0. The molecular weight excluding hydrogens is 268 g/mol. The number of aromatic nitrogens is 3. The molecule has 0 aliphatic rings. The van der Waals surface area contributed by atoms with Crippen LogP contribution < -0.4 is 5.32 Å². The first kappa shape index (κ1) is 14.8. The molecule has 0 fully saturated rings. The first-order valence-corrected chi connectivity index (χ1v) is 6.60. The second-order valence-corrected chi connectivity index (χ2v) is 4.30. The summed E-state index contributed by atoms with van der Waals surface area (Å²) in [5.74, 6) is 5.71. The van der Waals surface area contributed by atoms with Gasteiger partial charge in [0.2, 0.25) is 0 Å². The molecule has 6 nitrogen and oxygen atoms in total. The molecule has 6 heteroatoms. The number of aliphatic hydroxyl groups excluding tert-OH is 1. The minimum Gasteiger partial charge on any atom is -0.384 e. The van der Waals surface area contributed by atoms with E-state index in [0.29, 0.717) is 11.3 Å². The lowest BCUT2D eigenvalue weighted by Gasteiger charge is -2.14. The molecule has 0 aliphatic heterocycles. The number of amides is 1. The first-order valence-electron chi connectivity index (χ1n) is 6.60. The molecule has 1 amide bonds. The molecule has 3 N–H and O–H groups in total. The number of pyridine rings is 1. The smallest absolute Gasteiger partial charge is 0.270 e. The Morgan fingerprint density at radius 2 is 2.33 bits per heavy atom. The summed E-state index contributed by atoms with van der Waals surface area (Å²) in [5.41, 5.74) is 0.966. The number of H-pyrrole nitrogens is 1. The van der Waals surface area contributed by atoms with Gasteiger partial charge in [-0.3, -0.25) is 4.79 Å². The molecule has 2 rings (SSSR count). The molecule has 21 heavy (non-hydrogen) atoms. The summed E-state index contributed by atoms with van der Waals surface area (Å²) in [6, 6.07) is 3.12. The van der Waals surface area contributed by atoms with Gasteiger partial charge in [-0.15, -0.1) is 0 Å². The van der Waals surface area contributed by atoms with Gasteiger partial charge in [0.15, 0.2) is 0 Å². The van der Waals surface area contributed by atoms with E-state index in [4.69, 9.17) is 5.11 Å². The van der Waals surface area contributed by atoms with Gasteiger partial charge in [0.25, 0.3) is 5.91 Å². The number of nitrogens with zero attached hydrogens (tertiary/aromatic N) is 2. The lowest BCUT2D eigenvalue weighted by atomic mass is 10.2. The first-order chi connectivity index (χ1) is 10.2. The largest absolute Gasteiger partial charge is 0.384 e. The maximum atomic E-state index is 12.1. The highest BCUT2D eigenvalue weighted by molar-refractivity contribution is 5.92. The molecule has 0 saturated heterocycles. The predicted octanol–water partition coefficient (Wildman–Crippen LogP) is 1.03. The Kier molecular flexibility index (Phi) is 5.07. The van der Waals surface area contributed by atoms with Crippen LogP contribution in [0.25, 0.3) is 0 Å². The molecule has 2 aromatic rings. The average molecular weight is 284 g/mol. The topological polar surface area (TPSA) is 90.9 Å². The van der Waals surface area contributed by atoms with Crippen LogP contribution in [0.15, 0.2) is 30.7 Å². The van der Waals surface area contributed by atoms with Crippen LogP contribution in [-0.4, -0.2) is 32.6 Å². The van der Waals surface area contributed by atoms with Gasteiger partial charge in [-0.2, -0.15) is 0 Å². The van der Waals surface area contributed by atoms with Crippen molar-refractivity contribution in [1.82, 2.24) is 20.3 Å². The number of aliphatic hydroxyl groups is 1. The Morgan fingerprint density at radius 3 is 2.90 bits per heavy atom. The van der Waals surface area contributed by atoms with Gasteiger partial charge < -0.3 is 15.4 Å². The molecule has 0 spiro atoms. The van der Waals surface area contributed by atoms with Gasteiger partial charge in [0, 0.05) is 24.2 Å². The highest BCUT2D eigenvalue weighted by Crippen LogP contribution is 2.12. The monoisotopic (exact) mass is 284 g/mol. The van der Waals surface area contributed by atoms with Gasteiger partial charge in [0.05, 0.1) is 6.04 Å². The highest BCUT2D eigenvalue weighted by Gasteiger charge is 2.16. The Balaban J connectivity index is 2.06. The summed E-state index contributed by atoms with van der Waals surface area (Å²) in [4.78, 5) is 23.4. The fourth-order valence-electron chi connectivity index (χ4n) is 1.81. The number of nitrogens with one attached hydrogen (secondary N) is 2. The van der Waals surface area contributed by atoms with E-state index in [9.17, 15) is 4.79 Å². The molecule has 0 bridgehead atoms. The molecule has 2 heterocycles. The number of carbonyl (C=O) groups is 1. The van der Waals surface area contributed by atoms with Crippen molar-refractivity contribution < 1.29 is 9.90 Å². The Morgan fingerprint density at radius 1 is 1.48 bits per heavy atom. The SMILES string of the molecule is CCC(NC(=O)c1ccc(C#CCO)cn1)c1ncc[nH]1. The Hall–Kier alpha value is -2.65. The quantitative estimate of drug-likeness (QED) is 0.731. The summed E-state index contributed by atoms with van der Waals surface area (Å²) in [7, 11) is 0. The molecule has 108 valence electrons. The Bertz CT molecular complexity index is 639. The van der Waals surface area contributed by atoms with E-state index >= 15 is 0 Å². The Labute approximate surface area is 122 Å². The number of hydrogen-bond acceptors (Lipinski definition) is 4. The van der Waals surface area contributed by atoms with Crippen molar-refractivity contribution in [2.45, 2.75) is 19.4 Å².